The van der Waals surface area contributed by atoms with E-state index in [2.05, 4.69) is 4.31 Å². The second-order valence-electron chi connectivity index (χ2n) is 1.06. The van der Waals surface area contributed by atoms with E-state index in [4.69, 9.17) is 19.6 Å². The summed E-state index contributed by atoms with van der Waals surface area (Å²) in [5.41, 5.74) is 0. The van der Waals surface area contributed by atoms with Crippen molar-refractivity contribution in [3.63, 3.8) is 0 Å². The van der Waals surface area contributed by atoms with Crippen molar-refractivity contribution in [2.24, 2.45) is 0 Å². The molecule has 0 fully saturated rings. The number of hydrogen-bond donors (Lipinski definition) is 4. The predicted molar refractivity (Wildman–Crippen MR) is 31.0 cm³/mol. The van der Waals surface area contributed by atoms with Crippen LogP contribution in [0.2, 0.25) is 0 Å². The Kier molecular flexibility index (Phi) is 18.4. The van der Waals surface area contributed by atoms with Crippen LogP contribution in [0.15, 0.2) is 0 Å². The van der Waals surface area contributed by atoms with E-state index in [1.54, 1.807) is 0 Å². The van der Waals surface area contributed by atoms with Gasteiger partial charge >= 0.3 is 96.6 Å². The summed E-state index contributed by atoms with van der Waals surface area (Å²) in [6.07, 6.45) is 0. The first-order chi connectivity index (χ1) is 3.71. The molecule has 0 bridgehead atoms. The van der Waals surface area contributed by atoms with Gasteiger partial charge in [0.2, 0.25) is 0 Å². The fraction of sp³-hybridized carbons (Fsp3) is 0. The minimum absolute atomic E-state index is 0. The van der Waals surface area contributed by atoms with Crippen molar-refractivity contribution in [3.8, 4) is 0 Å². The summed E-state index contributed by atoms with van der Waals surface area (Å²) in [5.74, 6) is 0. The number of phosphoric acid groups is 2. The molecule has 0 amide bonds. The predicted octanol–water partition coefficient (Wildman–Crippen LogP) is -7.40. The monoisotopic (exact) mass is 260 g/mol. The van der Waals surface area contributed by atoms with Gasteiger partial charge in [0.1, 0.15) is 0 Å². The molecule has 0 aromatic rings. The van der Waals surface area contributed by atoms with Crippen LogP contribution >= 0.6 is 15.6 Å². The van der Waals surface area contributed by atoms with Crippen LogP contribution in [-0.2, 0) is 13.4 Å². The first kappa shape index (κ1) is 24.2. The van der Waals surface area contributed by atoms with Gasteiger partial charge in [-0.3, -0.25) is 0 Å². The first-order valence-corrected chi connectivity index (χ1v) is 4.59. The van der Waals surface area contributed by atoms with E-state index in [1.165, 1.54) is 0 Å². The molecule has 6 N–H and O–H groups in total. The van der Waals surface area contributed by atoms with E-state index in [0.717, 1.165) is 0 Å². The van der Waals surface area contributed by atoms with Gasteiger partial charge in [-0.25, -0.2) is 9.13 Å². The fourth-order valence-electron chi connectivity index (χ4n) is 0.139. The molecule has 0 radical (unpaired) electrons. The van der Waals surface area contributed by atoms with Crippen molar-refractivity contribution < 1.29 is 122 Å². The minimum atomic E-state index is -5.05. The van der Waals surface area contributed by atoms with Gasteiger partial charge in [-0.15, -0.1) is 0 Å². The van der Waals surface area contributed by atoms with Gasteiger partial charge in [0.25, 0.3) is 0 Å². The van der Waals surface area contributed by atoms with E-state index in [1.807, 2.05) is 0 Å². The van der Waals surface area contributed by atoms with E-state index in [9.17, 15) is 9.13 Å². The van der Waals surface area contributed by atoms with Gasteiger partial charge in [-0.05, 0) is 0 Å². The maximum atomic E-state index is 9.63. The summed E-state index contributed by atoms with van der Waals surface area (Å²) in [4.78, 5) is 31.0. The molecule has 0 aromatic heterocycles. The second-order valence-corrected chi connectivity index (χ2v) is 3.68. The maximum absolute atomic E-state index is 9.63. The number of rotatable bonds is 2. The molecule has 0 aliphatic rings. The molecule has 0 aliphatic carbocycles. The maximum Gasteiger partial charge on any atom is 1.00 e. The molecule has 0 spiro atoms. The zero-order valence-corrected chi connectivity index (χ0v) is 13.3. The topological polar surface area (TPSA) is 156 Å². The van der Waals surface area contributed by atoms with Crippen LogP contribution in [0.25, 0.3) is 0 Å². The fourth-order valence-corrected chi connectivity index (χ4v) is 1.25. The normalized spacial score (nSPS) is 10.3. The second kappa shape index (κ2) is 9.11. The summed E-state index contributed by atoms with van der Waals surface area (Å²) in [6.45, 7) is 0. The molecular formula is H8KNaO8P2. The van der Waals surface area contributed by atoms with Gasteiger partial charge in [-0.2, -0.15) is 4.31 Å². The Morgan fingerprint density at radius 3 is 1.17 bits per heavy atom. The van der Waals surface area contributed by atoms with Crippen LogP contribution in [0.3, 0.4) is 0 Å². The molecule has 0 aliphatic heterocycles. The molecule has 0 saturated heterocycles. The van der Waals surface area contributed by atoms with E-state index >= 15 is 0 Å². The van der Waals surface area contributed by atoms with Crippen LogP contribution < -0.4 is 80.9 Å². The van der Waals surface area contributed by atoms with Crippen LogP contribution in [0, 0.1) is 0 Å². The van der Waals surface area contributed by atoms with Crippen LogP contribution in [-0.4, -0.2) is 25.0 Å². The quantitative estimate of drug-likeness (QED) is 0.284. The Balaban J connectivity index is -0.0000000320. The van der Waals surface area contributed by atoms with Gasteiger partial charge < -0.3 is 27.9 Å². The molecule has 68 valence electrons. The largest absolute Gasteiger partial charge is 1.00 e. The van der Waals surface area contributed by atoms with Gasteiger partial charge in [-0.1, -0.05) is 0 Å². The van der Waals surface area contributed by atoms with Crippen LogP contribution in [0.5, 0.6) is 0 Å². The average molecular weight is 260 g/mol. The SMILES string of the molecule is O.O=P(O)(O)OP(=O)(O)O.[H-].[H-].[K+].[Na+]. The van der Waals surface area contributed by atoms with E-state index in [0.29, 0.717) is 0 Å². The minimum Gasteiger partial charge on any atom is -1.00 e. The molecule has 0 aromatic carbocycles. The third-order valence-corrected chi connectivity index (χ3v) is 1.91. The summed E-state index contributed by atoms with van der Waals surface area (Å²) in [6, 6.07) is 0. The summed E-state index contributed by atoms with van der Waals surface area (Å²) < 4.78 is 22.2. The zero-order chi connectivity index (χ0) is 7.71. The third-order valence-electron chi connectivity index (χ3n) is 0.213. The Labute approximate surface area is 136 Å². The average Bonchev–Trinajstić information content (AvgIpc) is 1.14. The molecular weight excluding hydrogens is 252 g/mol. The summed E-state index contributed by atoms with van der Waals surface area (Å²) >= 11 is 0. The van der Waals surface area contributed by atoms with E-state index in [-0.39, 0.29) is 89.3 Å². The molecule has 0 heterocycles. The van der Waals surface area contributed by atoms with Gasteiger partial charge in [0.15, 0.2) is 0 Å². The summed E-state index contributed by atoms with van der Waals surface area (Å²) in [5, 5.41) is 0. The van der Waals surface area contributed by atoms with Crippen LogP contribution in [0.4, 0.5) is 0 Å². The van der Waals surface area contributed by atoms with Gasteiger partial charge in [0.05, 0.1) is 0 Å². The Morgan fingerprint density at radius 1 is 1.00 bits per heavy atom. The third kappa shape index (κ3) is 23.0. The summed E-state index contributed by atoms with van der Waals surface area (Å²) in [7, 11) is -10.1. The van der Waals surface area contributed by atoms with Crippen LogP contribution in [0.1, 0.15) is 2.85 Å². The Hall–Kier alpha value is 2.86. The Morgan fingerprint density at radius 2 is 1.17 bits per heavy atom. The van der Waals surface area contributed by atoms with Crippen molar-refractivity contribution >= 4 is 15.6 Å². The number of hydrogen-bond acceptors (Lipinski definition) is 3. The van der Waals surface area contributed by atoms with E-state index < -0.39 is 15.6 Å². The van der Waals surface area contributed by atoms with Gasteiger partial charge in [0, 0.05) is 0 Å². The molecule has 0 rings (SSSR count). The van der Waals surface area contributed by atoms with Crippen molar-refractivity contribution in [2.75, 3.05) is 0 Å². The smallest absolute Gasteiger partial charge is 1.00 e. The Bertz CT molecular complexity index is 166. The molecule has 0 saturated carbocycles. The van der Waals surface area contributed by atoms with Crippen molar-refractivity contribution in [3.05, 3.63) is 0 Å². The standard InChI is InChI=1S/K.Na.H4O7P2.H2O.2H/c;;1-8(2,3)7-9(4,5)6;;;/h;;(H2,1,2,3)(H2,4,5,6);1H2;;/q2*+1;;;2*-1. The van der Waals surface area contributed by atoms with Crippen molar-refractivity contribution in [1.82, 2.24) is 0 Å². The first-order valence-electron chi connectivity index (χ1n) is 1.53. The van der Waals surface area contributed by atoms with Crippen molar-refractivity contribution in [2.45, 2.75) is 0 Å². The zero-order valence-electron chi connectivity index (χ0n) is 8.41. The molecule has 12 heteroatoms. The molecule has 0 unspecified atom stereocenters. The molecule has 8 nitrogen and oxygen atoms in total. The van der Waals surface area contributed by atoms with Crippen molar-refractivity contribution in [1.29, 1.82) is 0 Å². The molecule has 0 atom stereocenters. The molecule has 12 heavy (non-hydrogen) atoms.